The molecule has 0 atom stereocenters. The van der Waals surface area contributed by atoms with E-state index in [0.717, 1.165) is 0 Å². The van der Waals surface area contributed by atoms with Crippen molar-refractivity contribution in [1.82, 2.24) is 9.88 Å². The molecule has 0 saturated heterocycles. The number of rotatable bonds is 6. The van der Waals surface area contributed by atoms with Crippen molar-refractivity contribution in [1.29, 1.82) is 5.26 Å². The van der Waals surface area contributed by atoms with Gasteiger partial charge in [-0.3, -0.25) is 9.59 Å². The van der Waals surface area contributed by atoms with Crippen LogP contribution in [0.4, 0.5) is 5.69 Å². The molecule has 0 unspecified atom stereocenters. The minimum atomic E-state index is -0.610. The second-order valence-corrected chi connectivity index (χ2v) is 5.95. The van der Waals surface area contributed by atoms with Crippen molar-refractivity contribution in [2.24, 2.45) is 0 Å². The van der Waals surface area contributed by atoms with Crippen molar-refractivity contribution in [3.63, 3.8) is 0 Å². The van der Waals surface area contributed by atoms with Gasteiger partial charge in [0.25, 0.3) is 11.8 Å². The molecule has 0 fully saturated rings. The van der Waals surface area contributed by atoms with Crippen LogP contribution in [0, 0.1) is 11.3 Å². The summed E-state index contributed by atoms with van der Waals surface area (Å²) >= 11 is 0. The molecule has 144 valence electrons. The fourth-order valence-electron chi connectivity index (χ4n) is 2.27. The molecule has 0 saturated carbocycles. The summed E-state index contributed by atoms with van der Waals surface area (Å²) in [6.45, 7) is 1.99. The highest BCUT2D eigenvalue weighted by molar-refractivity contribution is 6.09. The van der Waals surface area contributed by atoms with Crippen molar-refractivity contribution in [3.05, 3.63) is 58.9 Å². The van der Waals surface area contributed by atoms with Crippen LogP contribution in [-0.2, 0) is 9.53 Å². The first-order valence-electron chi connectivity index (χ1n) is 8.46. The van der Waals surface area contributed by atoms with Gasteiger partial charge in [0, 0.05) is 25.5 Å². The van der Waals surface area contributed by atoms with Gasteiger partial charge in [-0.05, 0) is 49.4 Å². The highest BCUT2D eigenvalue weighted by Crippen LogP contribution is 2.14. The molecule has 2 aromatic rings. The summed E-state index contributed by atoms with van der Waals surface area (Å²) in [7, 11) is 3.25. The summed E-state index contributed by atoms with van der Waals surface area (Å²) in [6, 6.07) is 11.2. The van der Waals surface area contributed by atoms with Crippen LogP contribution in [0.3, 0.4) is 0 Å². The average molecular weight is 380 g/mol. The van der Waals surface area contributed by atoms with Crippen LogP contribution in [0.1, 0.15) is 33.5 Å². The zero-order valence-electron chi connectivity index (χ0n) is 15.8. The number of carbonyl (C=O) groups excluding carboxylic acids is 3. The molecule has 2 rings (SSSR count). The molecular formula is C20H20N4O4. The maximum atomic E-state index is 12.3. The number of amides is 2. The fraction of sp³-hybridized carbons (Fsp3) is 0.200. The van der Waals surface area contributed by atoms with E-state index in [0.29, 0.717) is 22.6 Å². The number of esters is 1. The summed E-state index contributed by atoms with van der Waals surface area (Å²) in [5, 5.41) is 11.9. The van der Waals surface area contributed by atoms with E-state index in [4.69, 9.17) is 4.74 Å². The van der Waals surface area contributed by atoms with E-state index in [9.17, 15) is 19.6 Å². The molecule has 0 bridgehead atoms. The van der Waals surface area contributed by atoms with Crippen molar-refractivity contribution in [2.75, 3.05) is 26.0 Å². The Morgan fingerprint density at radius 3 is 2.43 bits per heavy atom. The number of benzene rings is 1. The summed E-state index contributed by atoms with van der Waals surface area (Å²) in [5.74, 6) is -1.28. The van der Waals surface area contributed by atoms with Crippen LogP contribution >= 0.6 is 0 Å². The highest BCUT2D eigenvalue weighted by Gasteiger charge is 2.13. The van der Waals surface area contributed by atoms with E-state index in [1.807, 2.05) is 6.07 Å². The highest BCUT2D eigenvalue weighted by atomic mass is 16.5. The first kappa shape index (κ1) is 20.5. The molecule has 1 aromatic carbocycles. The van der Waals surface area contributed by atoms with Gasteiger partial charge in [-0.1, -0.05) is 0 Å². The quantitative estimate of drug-likeness (QED) is 0.454. The first-order chi connectivity index (χ1) is 13.3. The molecule has 0 aliphatic carbocycles. The van der Waals surface area contributed by atoms with Crippen LogP contribution in [0.2, 0.25) is 0 Å². The molecular weight excluding hydrogens is 360 g/mol. The Bertz CT molecular complexity index is 949. The second kappa shape index (κ2) is 9.19. The zero-order valence-corrected chi connectivity index (χ0v) is 15.8. The summed E-state index contributed by atoms with van der Waals surface area (Å²) in [6.07, 6.45) is 1.36. The van der Waals surface area contributed by atoms with Gasteiger partial charge < -0.3 is 19.9 Å². The number of hydrogen-bond donors (Lipinski definition) is 2. The lowest BCUT2D eigenvalue weighted by Gasteiger charge is -2.07. The van der Waals surface area contributed by atoms with Gasteiger partial charge in [-0.25, -0.2) is 4.79 Å². The molecule has 8 nitrogen and oxygen atoms in total. The van der Waals surface area contributed by atoms with Crippen LogP contribution < -0.4 is 5.32 Å². The molecule has 2 amide bonds. The maximum absolute atomic E-state index is 12.3. The fourth-order valence-corrected chi connectivity index (χ4v) is 2.27. The van der Waals surface area contributed by atoms with E-state index in [1.54, 1.807) is 45.3 Å². The monoisotopic (exact) mass is 380 g/mol. The normalized spacial score (nSPS) is 10.7. The smallest absolute Gasteiger partial charge is 0.338 e. The summed E-state index contributed by atoms with van der Waals surface area (Å²) in [5.41, 5.74) is 1.45. The van der Waals surface area contributed by atoms with Gasteiger partial charge in [0.05, 0.1) is 12.2 Å². The molecule has 2 N–H and O–H groups in total. The molecule has 28 heavy (non-hydrogen) atoms. The van der Waals surface area contributed by atoms with Gasteiger partial charge in [0.1, 0.15) is 17.3 Å². The number of nitrogens with zero attached hydrogens (tertiary/aromatic N) is 2. The first-order valence-corrected chi connectivity index (χ1v) is 8.46. The Balaban J connectivity index is 2.11. The summed E-state index contributed by atoms with van der Waals surface area (Å²) < 4.78 is 4.90. The molecule has 0 aliphatic heterocycles. The second-order valence-electron chi connectivity index (χ2n) is 5.95. The number of nitrogens with one attached hydrogen (secondary N) is 2. The van der Waals surface area contributed by atoms with E-state index >= 15 is 0 Å². The topological polar surface area (TPSA) is 115 Å². The lowest BCUT2D eigenvalue weighted by molar-refractivity contribution is -0.112. The Labute approximate surface area is 162 Å². The predicted octanol–water partition coefficient (Wildman–Crippen LogP) is 2.44. The Hall–Kier alpha value is -3.86. The Morgan fingerprint density at radius 2 is 1.86 bits per heavy atom. The van der Waals surface area contributed by atoms with Crippen molar-refractivity contribution >= 4 is 29.5 Å². The van der Waals surface area contributed by atoms with E-state index in [2.05, 4.69) is 10.3 Å². The van der Waals surface area contributed by atoms with Crippen LogP contribution in [0.5, 0.6) is 0 Å². The molecule has 1 aromatic heterocycles. The van der Waals surface area contributed by atoms with Gasteiger partial charge in [-0.15, -0.1) is 0 Å². The lowest BCUT2D eigenvalue weighted by atomic mass is 10.2. The van der Waals surface area contributed by atoms with Gasteiger partial charge in [0.15, 0.2) is 0 Å². The van der Waals surface area contributed by atoms with Crippen molar-refractivity contribution in [2.45, 2.75) is 6.92 Å². The third-order valence-corrected chi connectivity index (χ3v) is 3.66. The number of ether oxygens (including phenoxy) is 1. The standard InChI is InChI=1S/C20H20N4O4/c1-4-28-20(27)13-5-7-15(8-6-13)23-18(25)14(12-21)11-16-9-10-17(22-16)19(26)24(2)3/h5-11,22H,4H2,1-3H3,(H,23,25)/b14-11+. The molecule has 8 heteroatoms. The van der Waals surface area contributed by atoms with Gasteiger partial charge in [-0.2, -0.15) is 5.26 Å². The van der Waals surface area contributed by atoms with E-state index in [1.165, 1.54) is 23.1 Å². The number of H-pyrrole nitrogens is 1. The van der Waals surface area contributed by atoms with E-state index < -0.39 is 11.9 Å². The van der Waals surface area contributed by atoms with Gasteiger partial charge >= 0.3 is 5.97 Å². The number of hydrogen-bond acceptors (Lipinski definition) is 5. The van der Waals surface area contributed by atoms with Crippen molar-refractivity contribution < 1.29 is 19.1 Å². The predicted molar refractivity (Wildman–Crippen MR) is 103 cm³/mol. The third-order valence-electron chi connectivity index (χ3n) is 3.66. The van der Waals surface area contributed by atoms with E-state index in [-0.39, 0.29) is 18.1 Å². The maximum Gasteiger partial charge on any atom is 0.338 e. The number of aromatic nitrogens is 1. The molecule has 1 heterocycles. The minimum absolute atomic E-state index is 0.139. The van der Waals surface area contributed by atoms with Crippen molar-refractivity contribution in [3.8, 4) is 6.07 Å². The SMILES string of the molecule is CCOC(=O)c1ccc(NC(=O)/C(C#N)=C/c2ccc(C(=O)N(C)C)[nH]2)cc1. The minimum Gasteiger partial charge on any atom is -0.462 e. The summed E-state index contributed by atoms with van der Waals surface area (Å²) in [4.78, 5) is 40.1. The number of nitriles is 1. The number of anilines is 1. The van der Waals surface area contributed by atoms with Gasteiger partial charge in [0.2, 0.25) is 0 Å². The molecule has 0 radical (unpaired) electrons. The van der Waals surface area contributed by atoms with Crippen LogP contribution in [-0.4, -0.2) is 48.4 Å². The molecule has 0 aliphatic rings. The average Bonchev–Trinajstić information content (AvgIpc) is 3.14. The number of carbonyl (C=O) groups is 3. The Morgan fingerprint density at radius 1 is 1.18 bits per heavy atom. The number of aromatic amines is 1. The van der Waals surface area contributed by atoms with Crippen LogP contribution in [0.15, 0.2) is 42.0 Å². The largest absolute Gasteiger partial charge is 0.462 e. The van der Waals surface area contributed by atoms with Crippen LogP contribution in [0.25, 0.3) is 6.08 Å². The third kappa shape index (κ3) is 5.08. The molecule has 0 spiro atoms. The Kier molecular flexibility index (Phi) is 6.71. The zero-order chi connectivity index (χ0) is 20.7. The lowest BCUT2D eigenvalue weighted by Crippen LogP contribution is -2.21.